The molecule has 3 amide bonds. The fourth-order valence-corrected chi connectivity index (χ4v) is 2.77. The highest BCUT2D eigenvalue weighted by molar-refractivity contribution is 5.88. The minimum absolute atomic E-state index is 0.107. The Labute approximate surface area is 146 Å². The lowest BCUT2D eigenvalue weighted by Gasteiger charge is -2.37. The van der Waals surface area contributed by atoms with E-state index in [0.29, 0.717) is 19.6 Å². The molecule has 1 heterocycles. The van der Waals surface area contributed by atoms with E-state index in [1.807, 2.05) is 24.3 Å². The van der Waals surface area contributed by atoms with Crippen LogP contribution in [0.25, 0.3) is 0 Å². The van der Waals surface area contributed by atoms with Crippen LogP contribution < -0.4 is 20.7 Å². The van der Waals surface area contributed by atoms with Crippen LogP contribution in [0.2, 0.25) is 0 Å². The molecule has 1 aromatic rings. The number of nitrogens with zero attached hydrogens (tertiary/aromatic N) is 1. The van der Waals surface area contributed by atoms with E-state index in [2.05, 4.69) is 16.0 Å². The van der Waals surface area contributed by atoms with Crippen molar-refractivity contribution in [1.82, 2.24) is 20.9 Å². The SMILES string of the molecule is COc1ccccc1C1CNCCN1C(=O)CNC(=O)CNC(C)=O. The van der Waals surface area contributed by atoms with Gasteiger partial charge in [-0.25, -0.2) is 0 Å². The zero-order valence-electron chi connectivity index (χ0n) is 14.5. The van der Waals surface area contributed by atoms with Crippen LogP contribution in [0.3, 0.4) is 0 Å². The van der Waals surface area contributed by atoms with Crippen molar-refractivity contribution in [2.75, 3.05) is 39.8 Å². The van der Waals surface area contributed by atoms with Crippen LogP contribution in [0.1, 0.15) is 18.5 Å². The van der Waals surface area contributed by atoms with Crippen molar-refractivity contribution in [1.29, 1.82) is 0 Å². The summed E-state index contributed by atoms with van der Waals surface area (Å²) in [5.41, 5.74) is 0.926. The standard InChI is InChI=1S/C17H24N4O4/c1-12(22)19-10-16(23)20-11-17(24)21-8-7-18-9-14(21)13-5-3-4-6-15(13)25-2/h3-6,14,18H,7-11H2,1-2H3,(H,19,22)(H,20,23). The van der Waals surface area contributed by atoms with E-state index in [1.165, 1.54) is 6.92 Å². The van der Waals surface area contributed by atoms with Gasteiger partial charge in [-0.1, -0.05) is 18.2 Å². The summed E-state index contributed by atoms with van der Waals surface area (Å²) in [5.74, 6) is -0.135. The number of hydrogen-bond acceptors (Lipinski definition) is 5. The molecule has 0 spiro atoms. The first-order valence-corrected chi connectivity index (χ1v) is 8.17. The van der Waals surface area contributed by atoms with Gasteiger partial charge in [0.1, 0.15) is 5.75 Å². The van der Waals surface area contributed by atoms with Crippen LogP contribution in [-0.4, -0.2) is 62.5 Å². The first-order chi connectivity index (χ1) is 12.0. The topological polar surface area (TPSA) is 99.8 Å². The Morgan fingerprint density at radius 2 is 2.00 bits per heavy atom. The molecule has 0 aliphatic carbocycles. The molecule has 1 atom stereocenters. The number of ether oxygens (including phenoxy) is 1. The number of piperazine rings is 1. The van der Waals surface area contributed by atoms with E-state index in [0.717, 1.165) is 11.3 Å². The lowest BCUT2D eigenvalue weighted by molar-refractivity contribution is -0.135. The minimum Gasteiger partial charge on any atom is -0.496 e. The summed E-state index contributed by atoms with van der Waals surface area (Å²) in [6, 6.07) is 7.43. The summed E-state index contributed by atoms with van der Waals surface area (Å²) in [6.45, 7) is 2.94. The van der Waals surface area contributed by atoms with Crippen molar-refractivity contribution >= 4 is 17.7 Å². The second-order valence-electron chi connectivity index (χ2n) is 5.74. The van der Waals surface area contributed by atoms with E-state index < -0.39 is 5.91 Å². The molecule has 136 valence electrons. The first kappa shape index (κ1) is 18.7. The number of nitrogens with one attached hydrogen (secondary N) is 3. The van der Waals surface area contributed by atoms with Gasteiger partial charge in [0.25, 0.3) is 0 Å². The molecule has 0 bridgehead atoms. The summed E-state index contributed by atoms with van der Waals surface area (Å²) >= 11 is 0. The summed E-state index contributed by atoms with van der Waals surface area (Å²) in [4.78, 5) is 36.8. The second-order valence-corrected chi connectivity index (χ2v) is 5.74. The Bertz CT molecular complexity index is 635. The van der Waals surface area contributed by atoms with Crippen LogP contribution in [0.5, 0.6) is 5.75 Å². The second kappa shape index (κ2) is 9.03. The van der Waals surface area contributed by atoms with Crippen molar-refractivity contribution < 1.29 is 19.1 Å². The first-order valence-electron chi connectivity index (χ1n) is 8.17. The highest BCUT2D eigenvalue weighted by atomic mass is 16.5. The Hall–Kier alpha value is -2.61. The number of benzene rings is 1. The van der Waals surface area contributed by atoms with Crippen molar-refractivity contribution in [2.24, 2.45) is 0 Å². The van der Waals surface area contributed by atoms with Gasteiger partial charge in [0, 0.05) is 32.1 Å². The zero-order chi connectivity index (χ0) is 18.2. The smallest absolute Gasteiger partial charge is 0.242 e. The maximum absolute atomic E-state index is 12.6. The molecule has 1 unspecified atom stereocenters. The van der Waals surface area contributed by atoms with E-state index in [9.17, 15) is 14.4 Å². The van der Waals surface area contributed by atoms with Gasteiger partial charge < -0.3 is 25.6 Å². The van der Waals surface area contributed by atoms with Gasteiger partial charge in [0.15, 0.2) is 0 Å². The average molecular weight is 348 g/mol. The number of para-hydroxylation sites is 1. The number of methoxy groups -OCH3 is 1. The minimum atomic E-state index is -0.396. The van der Waals surface area contributed by atoms with E-state index in [1.54, 1.807) is 12.0 Å². The Kier molecular flexibility index (Phi) is 6.76. The molecule has 1 aromatic carbocycles. The molecular formula is C17H24N4O4. The molecule has 8 nitrogen and oxygen atoms in total. The van der Waals surface area contributed by atoms with Crippen molar-refractivity contribution in [3.05, 3.63) is 29.8 Å². The number of carbonyl (C=O) groups excluding carboxylic acids is 3. The highest BCUT2D eigenvalue weighted by Crippen LogP contribution is 2.30. The molecule has 3 N–H and O–H groups in total. The summed E-state index contributed by atoms with van der Waals surface area (Å²) in [5, 5.41) is 8.22. The van der Waals surface area contributed by atoms with Gasteiger partial charge in [0.05, 0.1) is 26.2 Å². The van der Waals surface area contributed by atoms with Crippen LogP contribution in [0.15, 0.2) is 24.3 Å². The lowest BCUT2D eigenvalue weighted by Crippen LogP contribution is -2.52. The molecule has 2 rings (SSSR count). The van der Waals surface area contributed by atoms with Crippen molar-refractivity contribution in [3.8, 4) is 5.75 Å². The number of carbonyl (C=O) groups is 3. The molecule has 25 heavy (non-hydrogen) atoms. The fourth-order valence-electron chi connectivity index (χ4n) is 2.77. The summed E-state index contributed by atoms with van der Waals surface area (Å²) in [7, 11) is 1.60. The quantitative estimate of drug-likeness (QED) is 0.639. The predicted octanol–water partition coefficient (Wildman–Crippen LogP) is -0.580. The van der Waals surface area contributed by atoms with Gasteiger partial charge in [-0.15, -0.1) is 0 Å². The predicted molar refractivity (Wildman–Crippen MR) is 92.0 cm³/mol. The molecule has 0 radical (unpaired) electrons. The maximum atomic E-state index is 12.6. The van der Waals surface area contributed by atoms with E-state index in [4.69, 9.17) is 4.74 Å². The van der Waals surface area contributed by atoms with Gasteiger partial charge in [0.2, 0.25) is 17.7 Å². The third kappa shape index (κ3) is 5.18. The van der Waals surface area contributed by atoms with Gasteiger partial charge in [-0.05, 0) is 6.07 Å². The van der Waals surface area contributed by atoms with Crippen molar-refractivity contribution in [2.45, 2.75) is 13.0 Å². The summed E-state index contributed by atoms with van der Waals surface area (Å²) < 4.78 is 5.40. The maximum Gasteiger partial charge on any atom is 0.242 e. The van der Waals surface area contributed by atoms with E-state index >= 15 is 0 Å². The Morgan fingerprint density at radius 3 is 2.72 bits per heavy atom. The Morgan fingerprint density at radius 1 is 1.24 bits per heavy atom. The van der Waals surface area contributed by atoms with Crippen LogP contribution in [0, 0.1) is 0 Å². The molecular weight excluding hydrogens is 324 g/mol. The average Bonchev–Trinajstić information content (AvgIpc) is 2.64. The fraction of sp³-hybridized carbons (Fsp3) is 0.471. The molecule has 1 fully saturated rings. The molecule has 0 saturated carbocycles. The van der Waals surface area contributed by atoms with Crippen LogP contribution in [0.4, 0.5) is 0 Å². The number of hydrogen-bond donors (Lipinski definition) is 3. The highest BCUT2D eigenvalue weighted by Gasteiger charge is 2.29. The molecule has 1 saturated heterocycles. The van der Waals surface area contributed by atoms with Gasteiger partial charge in [-0.2, -0.15) is 0 Å². The molecule has 1 aliphatic rings. The van der Waals surface area contributed by atoms with Crippen LogP contribution >= 0.6 is 0 Å². The monoisotopic (exact) mass is 348 g/mol. The van der Waals surface area contributed by atoms with Crippen LogP contribution in [-0.2, 0) is 14.4 Å². The largest absolute Gasteiger partial charge is 0.496 e. The van der Waals surface area contributed by atoms with Gasteiger partial charge in [-0.3, -0.25) is 14.4 Å². The van der Waals surface area contributed by atoms with E-state index in [-0.39, 0.29) is 30.9 Å². The number of rotatable bonds is 6. The summed E-state index contributed by atoms with van der Waals surface area (Å²) in [6.07, 6.45) is 0. The lowest BCUT2D eigenvalue weighted by atomic mass is 10.0. The molecule has 8 heteroatoms. The van der Waals surface area contributed by atoms with Crippen molar-refractivity contribution in [3.63, 3.8) is 0 Å². The Balaban J connectivity index is 2.01. The number of amides is 3. The normalized spacial score (nSPS) is 16.9. The molecule has 0 aromatic heterocycles. The molecule has 1 aliphatic heterocycles. The third-order valence-corrected chi connectivity index (χ3v) is 4.00. The zero-order valence-corrected chi connectivity index (χ0v) is 14.5. The van der Waals surface area contributed by atoms with Gasteiger partial charge >= 0.3 is 0 Å². The third-order valence-electron chi connectivity index (χ3n) is 4.00.